The molecule has 0 spiro atoms. The van der Waals surface area contributed by atoms with Crippen LogP contribution >= 0.6 is 11.6 Å². The molecule has 0 fully saturated rings. The zero-order valence-electron chi connectivity index (χ0n) is 12.2. The molecule has 1 amide bonds. The molecule has 0 saturated carbocycles. The van der Waals surface area contributed by atoms with Gasteiger partial charge >= 0.3 is 0 Å². The molecule has 0 saturated heterocycles. The van der Waals surface area contributed by atoms with Gasteiger partial charge in [0.1, 0.15) is 11.4 Å². The van der Waals surface area contributed by atoms with Crippen molar-refractivity contribution in [2.24, 2.45) is 7.05 Å². The molecule has 8 heteroatoms. The number of halogens is 1. The number of hydrogen-bond donors (Lipinski definition) is 2. The highest BCUT2D eigenvalue weighted by molar-refractivity contribution is 6.33. The molecule has 3 aromatic rings. The van der Waals surface area contributed by atoms with Gasteiger partial charge in [-0.15, -0.1) is 0 Å². The van der Waals surface area contributed by atoms with Gasteiger partial charge in [0.25, 0.3) is 5.91 Å². The van der Waals surface area contributed by atoms with Crippen molar-refractivity contribution in [2.45, 2.75) is 0 Å². The maximum Gasteiger partial charge on any atom is 0.275 e. The monoisotopic (exact) mass is 328 g/mol. The minimum atomic E-state index is -0.343. The third kappa shape index (κ3) is 3.00. The number of aromatic nitrogens is 4. The van der Waals surface area contributed by atoms with E-state index < -0.39 is 0 Å². The van der Waals surface area contributed by atoms with Gasteiger partial charge in [0.15, 0.2) is 11.6 Å². The third-order valence-corrected chi connectivity index (χ3v) is 3.55. The summed E-state index contributed by atoms with van der Waals surface area (Å²) in [6.45, 7) is 0. The fourth-order valence-corrected chi connectivity index (χ4v) is 2.33. The highest BCUT2D eigenvalue weighted by Gasteiger charge is 2.14. The van der Waals surface area contributed by atoms with Crippen LogP contribution in [0.15, 0.2) is 42.7 Å². The second-order valence-corrected chi connectivity index (χ2v) is 5.17. The van der Waals surface area contributed by atoms with Crippen LogP contribution in [0.1, 0.15) is 10.5 Å². The van der Waals surface area contributed by atoms with Crippen LogP contribution in [0.2, 0.25) is 5.02 Å². The van der Waals surface area contributed by atoms with E-state index in [2.05, 4.69) is 20.4 Å². The molecule has 0 aliphatic carbocycles. The van der Waals surface area contributed by atoms with Crippen LogP contribution in [-0.2, 0) is 7.05 Å². The van der Waals surface area contributed by atoms with E-state index in [-0.39, 0.29) is 17.5 Å². The van der Waals surface area contributed by atoms with Gasteiger partial charge in [0.2, 0.25) is 0 Å². The van der Waals surface area contributed by atoms with Crippen molar-refractivity contribution in [2.75, 3.05) is 11.1 Å². The summed E-state index contributed by atoms with van der Waals surface area (Å²) in [5.41, 5.74) is 7.50. The number of nitrogens with zero attached hydrogens (tertiary/aromatic N) is 4. The van der Waals surface area contributed by atoms with Crippen molar-refractivity contribution in [3.63, 3.8) is 0 Å². The zero-order chi connectivity index (χ0) is 16.4. The summed E-state index contributed by atoms with van der Waals surface area (Å²) >= 11 is 6.14. The number of hydrogen-bond acceptors (Lipinski definition) is 5. The Labute approximate surface area is 137 Å². The van der Waals surface area contributed by atoms with Crippen molar-refractivity contribution in [1.29, 1.82) is 0 Å². The van der Waals surface area contributed by atoms with Crippen LogP contribution in [0.4, 0.5) is 11.6 Å². The molecule has 2 aromatic heterocycles. The Bertz CT molecular complexity index is 876. The first kappa shape index (κ1) is 15.0. The summed E-state index contributed by atoms with van der Waals surface area (Å²) in [4.78, 5) is 20.5. The fourth-order valence-electron chi connectivity index (χ4n) is 2.10. The average molecular weight is 329 g/mol. The summed E-state index contributed by atoms with van der Waals surface area (Å²) < 4.78 is 1.46. The van der Waals surface area contributed by atoms with Crippen molar-refractivity contribution in [3.05, 3.63) is 53.4 Å². The Kier molecular flexibility index (Phi) is 3.94. The number of amides is 1. The number of nitrogens with one attached hydrogen (secondary N) is 1. The highest BCUT2D eigenvalue weighted by atomic mass is 35.5. The summed E-state index contributed by atoms with van der Waals surface area (Å²) in [7, 11) is 1.68. The molecule has 7 nitrogen and oxygen atoms in total. The normalized spacial score (nSPS) is 10.5. The number of nitrogen functional groups attached to an aromatic ring is 1. The Morgan fingerprint density at radius 3 is 2.74 bits per heavy atom. The standard InChI is InChI=1S/C15H13ClN6O/c1-22-11(6-7-19-22)15(23)21-12-8-18-13(14(17)20-12)9-4-2-3-5-10(9)16/h2-8H,1H3,(H3,17,20,21,23). The quantitative estimate of drug-likeness (QED) is 0.769. The molecule has 0 bridgehead atoms. The Balaban J connectivity index is 1.87. The van der Waals surface area contributed by atoms with E-state index in [0.717, 1.165) is 0 Å². The number of nitrogens with two attached hydrogens (primary N) is 1. The van der Waals surface area contributed by atoms with Gasteiger partial charge < -0.3 is 11.1 Å². The van der Waals surface area contributed by atoms with Gasteiger partial charge in [-0.3, -0.25) is 9.48 Å². The van der Waals surface area contributed by atoms with Crippen molar-refractivity contribution < 1.29 is 4.79 Å². The lowest BCUT2D eigenvalue weighted by atomic mass is 10.1. The fraction of sp³-hybridized carbons (Fsp3) is 0.0667. The molecular weight excluding hydrogens is 316 g/mol. The van der Waals surface area contributed by atoms with Crippen molar-refractivity contribution in [3.8, 4) is 11.3 Å². The number of benzene rings is 1. The van der Waals surface area contributed by atoms with E-state index in [0.29, 0.717) is 22.0 Å². The van der Waals surface area contributed by atoms with Crippen molar-refractivity contribution in [1.82, 2.24) is 19.7 Å². The second kappa shape index (κ2) is 6.05. The molecule has 0 aliphatic heterocycles. The number of aryl methyl sites for hydroxylation is 1. The Morgan fingerprint density at radius 2 is 2.09 bits per heavy atom. The lowest BCUT2D eigenvalue weighted by Crippen LogP contribution is -2.17. The van der Waals surface area contributed by atoms with Crippen LogP contribution in [-0.4, -0.2) is 25.7 Å². The molecule has 3 N–H and O–H groups in total. The molecule has 0 unspecified atom stereocenters. The Hall–Kier alpha value is -2.93. The molecule has 0 aliphatic rings. The van der Waals surface area contributed by atoms with E-state index in [4.69, 9.17) is 17.3 Å². The lowest BCUT2D eigenvalue weighted by molar-refractivity contribution is 0.101. The van der Waals surface area contributed by atoms with Gasteiger partial charge in [0.05, 0.1) is 11.2 Å². The van der Waals surface area contributed by atoms with E-state index in [9.17, 15) is 4.79 Å². The van der Waals surface area contributed by atoms with Crippen molar-refractivity contribution >= 4 is 29.1 Å². The van der Waals surface area contributed by atoms with Gasteiger partial charge in [-0.05, 0) is 12.1 Å². The largest absolute Gasteiger partial charge is 0.382 e. The number of carbonyl (C=O) groups excluding carboxylic acids is 1. The van der Waals surface area contributed by atoms with Crippen LogP contribution < -0.4 is 11.1 Å². The number of anilines is 2. The molecule has 23 heavy (non-hydrogen) atoms. The third-order valence-electron chi connectivity index (χ3n) is 3.22. The van der Waals surface area contributed by atoms with E-state index >= 15 is 0 Å². The highest BCUT2D eigenvalue weighted by Crippen LogP contribution is 2.29. The molecule has 116 valence electrons. The second-order valence-electron chi connectivity index (χ2n) is 4.76. The number of rotatable bonds is 3. The first-order chi connectivity index (χ1) is 11.1. The minimum absolute atomic E-state index is 0.181. The lowest BCUT2D eigenvalue weighted by Gasteiger charge is -2.09. The first-order valence-electron chi connectivity index (χ1n) is 6.73. The first-order valence-corrected chi connectivity index (χ1v) is 7.11. The molecule has 1 aromatic carbocycles. The smallest absolute Gasteiger partial charge is 0.275 e. The average Bonchev–Trinajstić information content (AvgIpc) is 2.95. The van der Waals surface area contributed by atoms with Gasteiger partial charge in [-0.1, -0.05) is 29.8 Å². The minimum Gasteiger partial charge on any atom is -0.382 e. The molecule has 0 atom stereocenters. The van der Waals surface area contributed by atoms with Crippen LogP contribution in [0, 0.1) is 0 Å². The van der Waals surface area contributed by atoms with Crippen LogP contribution in [0.3, 0.4) is 0 Å². The van der Waals surface area contributed by atoms with Crippen LogP contribution in [0.25, 0.3) is 11.3 Å². The molecular formula is C15H13ClN6O. The van der Waals surface area contributed by atoms with Crippen LogP contribution in [0.5, 0.6) is 0 Å². The molecule has 0 radical (unpaired) electrons. The molecule has 2 heterocycles. The predicted molar refractivity (Wildman–Crippen MR) is 88.1 cm³/mol. The number of carbonyl (C=O) groups is 1. The summed E-state index contributed by atoms with van der Waals surface area (Å²) in [5, 5.41) is 7.10. The van der Waals surface area contributed by atoms with Gasteiger partial charge in [-0.2, -0.15) is 5.10 Å². The van der Waals surface area contributed by atoms with E-state index in [1.54, 1.807) is 25.2 Å². The van der Waals surface area contributed by atoms with Gasteiger partial charge in [-0.25, -0.2) is 9.97 Å². The topological polar surface area (TPSA) is 98.7 Å². The van der Waals surface area contributed by atoms with E-state index in [1.165, 1.54) is 17.1 Å². The zero-order valence-corrected chi connectivity index (χ0v) is 12.9. The summed E-state index contributed by atoms with van der Waals surface area (Å²) in [6.07, 6.45) is 2.97. The summed E-state index contributed by atoms with van der Waals surface area (Å²) in [5.74, 6) is 0.0922. The maximum absolute atomic E-state index is 12.1. The van der Waals surface area contributed by atoms with Gasteiger partial charge in [0, 0.05) is 18.8 Å². The molecule has 3 rings (SSSR count). The Morgan fingerprint density at radius 1 is 1.30 bits per heavy atom. The van der Waals surface area contributed by atoms with E-state index in [1.807, 2.05) is 12.1 Å². The predicted octanol–water partition coefficient (Wildman–Crippen LogP) is 2.36. The maximum atomic E-state index is 12.1. The SMILES string of the molecule is Cn1nccc1C(=O)Nc1cnc(-c2ccccc2Cl)c(N)n1. The summed E-state index contributed by atoms with van der Waals surface area (Å²) in [6, 6.07) is 8.80.